The first-order valence-corrected chi connectivity index (χ1v) is 8.00. The molecule has 0 saturated heterocycles. The molecule has 25 heavy (non-hydrogen) atoms. The van der Waals surface area contributed by atoms with Crippen molar-refractivity contribution in [1.82, 2.24) is 4.98 Å². The second kappa shape index (κ2) is 7.21. The molecule has 0 atom stereocenters. The van der Waals surface area contributed by atoms with E-state index in [1.54, 1.807) is 20.4 Å². The molecule has 0 spiro atoms. The van der Waals surface area contributed by atoms with Gasteiger partial charge in [0.05, 0.1) is 26.0 Å². The molecule has 1 N–H and O–H groups in total. The Labute approximate surface area is 147 Å². The number of nitrogens with zero attached hydrogens (tertiary/aromatic N) is 2. The van der Waals surface area contributed by atoms with Gasteiger partial charge in [0.1, 0.15) is 17.3 Å². The molecule has 3 rings (SSSR count). The predicted octanol–water partition coefficient (Wildman–Crippen LogP) is 4.31. The standard InChI is InChI=1S/C20H21N3O2/c1-13-5-6-15-10-14(2)20(22-18(15)9-13)23-21-12-16-11-17(24-3)7-8-19(16)25-4/h5-12H,1-4H3,(H,22,23). The second-order valence-corrected chi connectivity index (χ2v) is 5.83. The van der Waals surface area contributed by atoms with E-state index < -0.39 is 0 Å². The summed E-state index contributed by atoms with van der Waals surface area (Å²) in [5.74, 6) is 2.21. The van der Waals surface area contributed by atoms with Gasteiger partial charge in [0.25, 0.3) is 0 Å². The molecule has 5 heteroatoms. The van der Waals surface area contributed by atoms with Gasteiger partial charge >= 0.3 is 0 Å². The monoisotopic (exact) mass is 335 g/mol. The van der Waals surface area contributed by atoms with Crippen LogP contribution in [0.3, 0.4) is 0 Å². The van der Waals surface area contributed by atoms with Crippen LogP contribution in [0.4, 0.5) is 5.82 Å². The van der Waals surface area contributed by atoms with Gasteiger partial charge in [0.15, 0.2) is 0 Å². The van der Waals surface area contributed by atoms with E-state index in [1.807, 2.05) is 25.1 Å². The van der Waals surface area contributed by atoms with Crippen molar-refractivity contribution in [2.45, 2.75) is 13.8 Å². The van der Waals surface area contributed by atoms with E-state index in [2.05, 4.69) is 46.7 Å². The minimum absolute atomic E-state index is 0.727. The summed E-state index contributed by atoms with van der Waals surface area (Å²) in [7, 11) is 3.26. The predicted molar refractivity (Wildman–Crippen MR) is 102 cm³/mol. The summed E-state index contributed by atoms with van der Waals surface area (Å²) in [5, 5.41) is 5.43. The molecule has 0 aliphatic heterocycles. The molecule has 0 fully saturated rings. The Morgan fingerprint density at radius 2 is 1.84 bits per heavy atom. The number of fused-ring (bicyclic) bond motifs is 1. The average molecular weight is 335 g/mol. The number of methoxy groups -OCH3 is 2. The molecule has 0 saturated carbocycles. The lowest BCUT2D eigenvalue weighted by atomic mass is 10.1. The molecule has 0 unspecified atom stereocenters. The van der Waals surface area contributed by atoms with Crippen LogP contribution in [-0.2, 0) is 0 Å². The minimum atomic E-state index is 0.727. The van der Waals surface area contributed by atoms with Crippen LogP contribution in [-0.4, -0.2) is 25.4 Å². The highest BCUT2D eigenvalue weighted by Gasteiger charge is 2.05. The van der Waals surface area contributed by atoms with E-state index in [-0.39, 0.29) is 0 Å². The molecule has 3 aromatic rings. The van der Waals surface area contributed by atoms with Gasteiger partial charge in [-0.25, -0.2) is 4.98 Å². The number of pyridine rings is 1. The van der Waals surface area contributed by atoms with Crippen molar-refractivity contribution in [2.24, 2.45) is 5.10 Å². The molecule has 5 nitrogen and oxygen atoms in total. The molecular weight excluding hydrogens is 314 g/mol. The maximum absolute atomic E-state index is 5.35. The van der Waals surface area contributed by atoms with Crippen molar-refractivity contribution in [3.05, 3.63) is 59.2 Å². The van der Waals surface area contributed by atoms with Gasteiger partial charge in [-0.3, -0.25) is 5.43 Å². The minimum Gasteiger partial charge on any atom is -0.497 e. The third kappa shape index (κ3) is 3.71. The Morgan fingerprint density at radius 1 is 1.00 bits per heavy atom. The highest BCUT2D eigenvalue weighted by Crippen LogP contribution is 2.23. The van der Waals surface area contributed by atoms with Gasteiger partial charge in [0, 0.05) is 10.9 Å². The number of anilines is 1. The molecule has 0 bridgehead atoms. The topological polar surface area (TPSA) is 55.7 Å². The Balaban J connectivity index is 1.87. The highest BCUT2D eigenvalue weighted by molar-refractivity contribution is 5.85. The van der Waals surface area contributed by atoms with Gasteiger partial charge in [0.2, 0.25) is 0 Å². The Hall–Kier alpha value is -3.08. The maximum atomic E-state index is 5.35. The maximum Gasteiger partial charge on any atom is 0.149 e. The van der Waals surface area contributed by atoms with Crippen LogP contribution in [0.1, 0.15) is 16.7 Å². The normalized spacial score (nSPS) is 11.0. The lowest BCUT2D eigenvalue weighted by Gasteiger charge is -2.08. The summed E-state index contributed by atoms with van der Waals surface area (Å²) >= 11 is 0. The number of aryl methyl sites for hydroxylation is 2. The van der Waals surface area contributed by atoms with Crippen molar-refractivity contribution in [2.75, 3.05) is 19.6 Å². The van der Waals surface area contributed by atoms with Crippen molar-refractivity contribution in [3.63, 3.8) is 0 Å². The molecule has 128 valence electrons. The quantitative estimate of drug-likeness (QED) is 0.557. The zero-order chi connectivity index (χ0) is 17.8. The van der Waals surface area contributed by atoms with Crippen LogP contribution >= 0.6 is 0 Å². The number of rotatable bonds is 5. The van der Waals surface area contributed by atoms with Crippen LogP contribution in [0.2, 0.25) is 0 Å². The summed E-state index contributed by atoms with van der Waals surface area (Å²) in [6.07, 6.45) is 1.70. The van der Waals surface area contributed by atoms with Crippen LogP contribution in [0.15, 0.2) is 47.6 Å². The summed E-state index contributed by atoms with van der Waals surface area (Å²) < 4.78 is 10.6. The fraction of sp³-hybridized carbons (Fsp3) is 0.200. The number of benzene rings is 2. The van der Waals surface area contributed by atoms with Crippen molar-refractivity contribution in [3.8, 4) is 11.5 Å². The summed E-state index contributed by atoms with van der Waals surface area (Å²) in [6.45, 7) is 4.07. The number of hydrogen-bond acceptors (Lipinski definition) is 5. The summed E-state index contributed by atoms with van der Waals surface area (Å²) in [6, 6.07) is 13.9. The SMILES string of the molecule is COc1ccc(OC)c(C=NNc2nc3cc(C)ccc3cc2C)c1. The molecule has 1 aromatic heterocycles. The zero-order valence-corrected chi connectivity index (χ0v) is 14.8. The first-order valence-electron chi connectivity index (χ1n) is 8.00. The number of hydrogen-bond donors (Lipinski definition) is 1. The number of hydrazone groups is 1. The Bertz CT molecular complexity index is 936. The van der Waals surface area contributed by atoms with Crippen molar-refractivity contribution in [1.29, 1.82) is 0 Å². The lowest BCUT2D eigenvalue weighted by molar-refractivity contribution is 0.402. The van der Waals surface area contributed by atoms with E-state index in [9.17, 15) is 0 Å². The third-order valence-corrected chi connectivity index (χ3v) is 3.97. The highest BCUT2D eigenvalue weighted by atomic mass is 16.5. The Kier molecular flexibility index (Phi) is 4.84. The summed E-state index contributed by atoms with van der Waals surface area (Å²) in [5.41, 5.74) is 7.01. The van der Waals surface area contributed by atoms with Crippen LogP contribution in [0, 0.1) is 13.8 Å². The van der Waals surface area contributed by atoms with Crippen molar-refractivity contribution >= 4 is 22.9 Å². The molecule has 0 radical (unpaired) electrons. The molecular formula is C20H21N3O2. The third-order valence-electron chi connectivity index (χ3n) is 3.97. The largest absolute Gasteiger partial charge is 0.497 e. The molecule has 0 aliphatic rings. The molecule has 0 aliphatic carbocycles. The smallest absolute Gasteiger partial charge is 0.149 e. The number of nitrogens with one attached hydrogen (secondary N) is 1. The molecule has 2 aromatic carbocycles. The average Bonchev–Trinajstić information content (AvgIpc) is 2.62. The van der Waals surface area contributed by atoms with Crippen molar-refractivity contribution < 1.29 is 9.47 Å². The first kappa shape index (κ1) is 16.8. The number of ether oxygens (including phenoxy) is 2. The van der Waals surface area contributed by atoms with E-state index >= 15 is 0 Å². The van der Waals surface area contributed by atoms with E-state index in [0.29, 0.717) is 0 Å². The second-order valence-electron chi connectivity index (χ2n) is 5.83. The van der Waals surface area contributed by atoms with Crippen LogP contribution in [0.25, 0.3) is 10.9 Å². The van der Waals surface area contributed by atoms with Crippen LogP contribution < -0.4 is 14.9 Å². The fourth-order valence-corrected chi connectivity index (χ4v) is 2.60. The number of aromatic nitrogens is 1. The van der Waals surface area contributed by atoms with E-state index in [4.69, 9.17) is 9.47 Å². The van der Waals surface area contributed by atoms with Crippen LogP contribution in [0.5, 0.6) is 11.5 Å². The van der Waals surface area contributed by atoms with Gasteiger partial charge in [-0.1, -0.05) is 12.1 Å². The summed E-state index contributed by atoms with van der Waals surface area (Å²) in [4.78, 5) is 4.66. The molecule has 0 amide bonds. The first-order chi connectivity index (χ1) is 12.1. The van der Waals surface area contributed by atoms with E-state index in [0.717, 1.165) is 39.3 Å². The van der Waals surface area contributed by atoms with E-state index in [1.165, 1.54) is 5.56 Å². The van der Waals surface area contributed by atoms with Gasteiger partial charge < -0.3 is 9.47 Å². The Morgan fingerprint density at radius 3 is 2.60 bits per heavy atom. The van der Waals surface area contributed by atoms with Gasteiger partial charge in [-0.2, -0.15) is 5.10 Å². The zero-order valence-electron chi connectivity index (χ0n) is 14.8. The molecule has 1 heterocycles. The fourth-order valence-electron chi connectivity index (χ4n) is 2.60. The lowest BCUT2D eigenvalue weighted by Crippen LogP contribution is -1.98. The van der Waals surface area contributed by atoms with Gasteiger partial charge in [-0.05, 0) is 55.3 Å². The van der Waals surface area contributed by atoms with Gasteiger partial charge in [-0.15, -0.1) is 0 Å².